The molecule has 0 aliphatic carbocycles. The lowest BCUT2D eigenvalue weighted by atomic mass is 9.77. The summed E-state index contributed by atoms with van der Waals surface area (Å²) in [6, 6.07) is 1.28. The Bertz CT molecular complexity index is 556. The highest BCUT2D eigenvalue weighted by molar-refractivity contribution is 5.04. The van der Waals surface area contributed by atoms with Gasteiger partial charge in [0.2, 0.25) is 0 Å². The average molecular weight is 507 g/mol. The molecule has 214 valence electrons. The summed E-state index contributed by atoms with van der Waals surface area (Å²) in [6.07, 6.45) is 16.0. The molecule has 36 heavy (non-hydrogen) atoms. The molecule has 0 unspecified atom stereocenters. The van der Waals surface area contributed by atoms with Crippen LogP contribution in [-0.2, 0) is 0 Å². The minimum atomic E-state index is 0.178. The van der Waals surface area contributed by atoms with Crippen molar-refractivity contribution in [1.82, 2.24) is 20.4 Å². The number of rotatable bonds is 14. The van der Waals surface area contributed by atoms with Crippen LogP contribution in [0.2, 0.25) is 0 Å². The molecule has 0 bridgehead atoms. The quantitative estimate of drug-likeness (QED) is 0.186. The van der Waals surface area contributed by atoms with E-state index in [9.17, 15) is 0 Å². The topological polar surface area (TPSA) is 30.5 Å². The monoisotopic (exact) mass is 507 g/mol. The second kappa shape index (κ2) is 13.3. The Hall–Kier alpha value is -0.160. The van der Waals surface area contributed by atoms with Crippen LogP contribution in [0, 0.1) is 0 Å². The van der Waals surface area contributed by atoms with Gasteiger partial charge in [-0.15, -0.1) is 0 Å². The van der Waals surface area contributed by atoms with Gasteiger partial charge in [-0.1, -0.05) is 52.9 Å². The fourth-order valence-corrected chi connectivity index (χ4v) is 7.94. The molecule has 2 fully saturated rings. The van der Waals surface area contributed by atoms with Crippen LogP contribution in [0.4, 0.5) is 0 Å². The predicted octanol–water partition coefficient (Wildman–Crippen LogP) is 7.72. The summed E-state index contributed by atoms with van der Waals surface area (Å²) in [5, 5.41) is 7.93. The Morgan fingerprint density at radius 2 is 0.889 bits per heavy atom. The highest BCUT2D eigenvalue weighted by Crippen LogP contribution is 2.38. The summed E-state index contributed by atoms with van der Waals surface area (Å²) >= 11 is 0. The van der Waals surface area contributed by atoms with E-state index < -0.39 is 0 Å². The van der Waals surface area contributed by atoms with Crippen molar-refractivity contribution >= 4 is 0 Å². The molecule has 0 spiro atoms. The van der Waals surface area contributed by atoms with Crippen LogP contribution in [0.3, 0.4) is 0 Å². The number of unbranched alkanes of at least 4 members (excludes halogenated alkanes) is 4. The van der Waals surface area contributed by atoms with Crippen molar-refractivity contribution in [2.45, 2.75) is 194 Å². The van der Waals surface area contributed by atoms with Gasteiger partial charge in [0.05, 0.1) is 6.17 Å². The molecular weight excluding hydrogens is 440 g/mol. The van der Waals surface area contributed by atoms with Crippen LogP contribution in [0.5, 0.6) is 0 Å². The van der Waals surface area contributed by atoms with Gasteiger partial charge >= 0.3 is 0 Å². The molecule has 4 nitrogen and oxygen atoms in total. The van der Waals surface area contributed by atoms with Gasteiger partial charge in [-0.25, -0.2) is 0 Å². The van der Waals surface area contributed by atoms with Crippen molar-refractivity contribution in [2.75, 3.05) is 13.1 Å². The van der Waals surface area contributed by atoms with E-state index in [-0.39, 0.29) is 22.2 Å². The second-order valence-corrected chi connectivity index (χ2v) is 15.1. The Morgan fingerprint density at radius 3 is 1.19 bits per heavy atom. The van der Waals surface area contributed by atoms with Gasteiger partial charge in [0, 0.05) is 34.2 Å². The fourth-order valence-electron chi connectivity index (χ4n) is 7.94. The van der Waals surface area contributed by atoms with Gasteiger partial charge in [-0.2, -0.15) is 0 Å². The number of nitrogens with zero attached hydrogens (tertiary/aromatic N) is 2. The van der Waals surface area contributed by atoms with E-state index in [1.807, 2.05) is 0 Å². The van der Waals surface area contributed by atoms with E-state index in [1.165, 1.54) is 90.1 Å². The molecule has 0 aromatic rings. The molecule has 0 saturated carbocycles. The van der Waals surface area contributed by atoms with E-state index in [2.05, 4.69) is 96.6 Å². The minimum absolute atomic E-state index is 0.178. The lowest BCUT2D eigenvalue weighted by molar-refractivity contribution is -0.0665. The van der Waals surface area contributed by atoms with E-state index in [0.717, 1.165) is 0 Å². The Kier molecular flexibility index (Phi) is 11.8. The molecular formula is C32H66N4. The standard InChI is InChI=1S/C32H66N4/c1-12-15-18-19-28(35(20-16-13-2)26-22-29(4,5)33-30(6,7)23-26)36(21-17-14-3)27-24-31(8,9)34-32(10,11)25-27/h26-28,33-34H,12-25H2,1-11H3. The van der Waals surface area contributed by atoms with E-state index in [0.29, 0.717) is 18.2 Å². The van der Waals surface area contributed by atoms with Crippen LogP contribution < -0.4 is 10.6 Å². The smallest absolute Gasteiger partial charge is 0.0627 e. The molecule has 0 atom stereocenters. The first-order chi connectivity index (χ1) is 16.6. The molecule has 0 amide bonds. The maximum Gasteiger partial charge on any atom is 0.0627 e. The van der Waals surface area contributed by atoms with E-state index in [1.54, 1.807) is 0 Å². The Morgan fingerprint density at radius 1 is 0.556 bits per heavy atom. The summed E-state index contributed by atoms with van der Waals surface area (Å²) in [5.41, 5.74) is 0.714. The second-order valence-electron chi connectivity index (χ2n) is 15.1. The summed E-state index contributed by atoms with van der Waals surface area (Å²) in [6.45, 7) is 29.0. The highest BCUT2D eigenvalue weighted by atomic mass is 15.4. The third-order valence-electron chi connectivity index (χ3n) is 8.65. The molecule has 2 heterocycles. The molecule has 2 saturated heterocycles. The lowest BCUT2D eigenvalue weighted by Gasteiger charge is -2.56. The van der Waals surface area contributed by atoms with Gasteiger partial charge < -0.3 is 10.6 Å². The molecule has 0 radical (unpaired) electrons. The molecule has 0 aromatic carbocycles. The van der Waals surface area contributed by atoms with Gasteiger partial charge in [0.1, 0.15) is 0 Å². The molecule has 2 rings (SSSR count). The van der Waals surface area contributed by atoms with Crippen LogP contribution in [-0.4, -0.2) is 63.3 Å². The number of piperidine rings is 2. The summed E-state index contributed by atoms with van der Waals surface area (Å²) < 4.78 is 0. The van der Waals surface area contributed by atoms with Gasteiger partial charge in [0.25, 0.3) is 0 Å². The first-order valence-corrected chi connectivity index (χ1v) is 15.7. The van der Waals surface area contributed by atoms with Crippen LogP contribution in [0.25, 0.3) is 0 Å². The maximum atomic E-state index is 3.96. The number of hydrogen-bond acceptors (Lipinski definition) is 4. The first kappa shape index (κ1) is 32.1. The van der Waals surface area contributed by atoms with Crippen molar-refractivity contribution in [1.29, 1.82) is 0 Å². The van der Waals surface area contributed by atoms with Gasteiger partial charge in [-0.3, -0.25) is 9.80 Å². The molecule has 0 aromatic heterocycles. The maximum absolute atomic E-state index is 3.96. The van der Waals surface area contributed by atoms with Gasteiger partial charge in [0.15, 0.2) is 0 Å². The predicted molar refractivity (Wildman–Crippen MR) is 160 cm³/mol. The van der Waals surface area contributed by atoms with E-state index in [4.69, 9.17) is 0 Å². The molecule has 2 aliphatic rings. The third-order valence-corrected chi connectivity index (χ3v) is 8.65. The van der Waals surface area contributed by atoms with Crippen LogP contribution in [0.15, 0.2) is 0 Å². The molecule has 4 heteroatoms. The summed E-state index contributed by atoms with van der Waals surface area (Å²) in [7, 11) is 0. The fraction of sp³-hybridized carbons (Fsp3) is 1.00. The Labute approximate surface area is 227 Å². The number of hydrogen-bond donors (Lipinski definition) is 2. The Balaban J connectivity index is 2.49. The zero-order valence-corrected chi connectivity index (χ0v) is 26.5. The highest BCUT2D eigenvalue weighted by Gasteiger charge is 2.45. The summed E-state index contributed by atoms with van der Waals surface area (Å²) in [5.74, 6) is 0. The normalized spacial score (nSPS) is 24.2. The average Bonchev–Trinajstić information content (AvgIpc) is 2.69. The zero-order chi connectivity index (χ0) is 27.2. The van der Waals surface area contributed by atoms with Gasteiger partial charge in [-0.05, 0) is 113 Å². The van der Waals surface area contributed by atoms with Crippen molar-refractivity contribution in [3.63, 3.8) is 0 Å². The van der Waals surface area contributed by atoms with Crippen molar-refractivity contribution in [2.24, 2.45) is 0 Å². The van der Waals surface area contributed by atoms with Crippen LogP contribution in [0.1, 0.15) is 153 Å². The molecule has 2 aliphatic heterocycles. The number of nitrogens with one attached hydrogen (secondary N) is 2. The third kappa shape index (κ3) is 9.86. The van der Waals surface area contributed by atoms with Crippen molar-refractivity contribution in [3.05, 3.63) is 0 Å². The van der Waals surface area contributed by atoms with Crippen molar-refractivity contribution in [3.8, 4) is 0 Å². The minimum Gasteiger partial charge on any atom is -0.307 e. The van der Waals surface area contributed by atoms with Crippen molar-refractivity contribution < 1.29 is 0 Å². The van der Waals surface area contributed by atoms with Crippen LogP contribution >= 0.6 is 0 Å². The zero-order valence-electron chi connectivity index (χ0n) is 26.5. The summed E-state index contributed by atoms with van der Waals surface area (Å²) in [4.78, 5) is 6.06. The molecule has 2 N–H and O–H groups in total. The van der Waals surface area contributed by atoms with E-state index >= 15 is 0 Å². The lowest BCUT2D eigenvalue weighted by Crippen LogP contribution is -2.67. The SMILES string of the molecule is CCCCCC(N(CCCC)C1CC(C)(C)NC(C)(C)C1)N(CCCC)C1CC(C)(C)NC(C)(C)C1. The largest absolute Gasteiger partial charge is 0.307 e. The first-order valence-electron chi connectivity index (χ1n) is 15.7.